The van der Waals surface area contributed by atoms with Gasteiger partial charge in [0.1, 0.15) is 16.9 Å². The number of fused-ring (bicyclic) bond motifs is 1. The van der Waals surface area contributed by atoms with Gasteiger partial charge in [0.2, 0.25) is 0 Å². The van der Waals surface area contributed by atoms with Gasteiger partial charge in [-0.3, -0.25) is 15.0 Å². The van der Waals surface area contributed by atoms with Crippen molar-refractivity contribution < 1.29 is 9.53 Å². The molecule has 0 fully saturated rings. The second-order valence-electron chi connectivity index (χ2n) is 6.25. The molecule has 3 heterocycles. The molecule has 1 amide bonds. The number of ether oxygens (including phenoxy) is 1. The number of carbonyl (C=O) groups excluding carboxylic acids is 1. The number of thiophene rings is 2. The van der Waals surface area contributed by atoms with E-state index < -0.39 is 5.91 Å². The Balaban J connectivity index is 1.55. The van der Waals surface area contributed by atoms with Gasteiger partial charge in [-0.2, -0.15) is 0 Å². The zero-order valence-corrected chi connectivity index (χ0v) is 16.9. The van der Waals surface area contributed by atoms with Crippen molar-refractivity contribution in [3.8, 4) is 16.2 Å². The van der Waals surface area contributed by atoms with Crippen LogP contribution in [-0.2, 0) is 4.79 Å². The number of hydrogen-bond acceptors (Lipinski definition) is 6. The molecule has 4 rings (SSSR count). The van der Waals surface area contributed by atoms with Crippen molar-refractivity contribution in [2.45, 2.75) is 13.8 Å². The minimum atomic E-state index is -0.433. The highest BCUT2D eigenvalue weighted by Crippen LogP contribution is 2.33. The van der Waals surface area contributed by atoms with E-state index in [0.717, 1.165) is 26.2 Å². The second-order valence-corrected chi connectivity index (χ2v) is 8.05. The van der Waals surface area contributed by atoms with Gasteiger partial charge in [0.05, 0.1) is 5.39 Å². The van der Waals surface area contributed by atoms with Crippen LogP contribution in [0.4, 0.5) is 0 Å². The van der Waals surface area contributed by atoms with Crippen molar-refractivity contribution >= 4 is 38.8 Å². The Hall–Kier alpha value is -2.97. The average molecular weight is 412 g/mol. The van der Waals surface area contributed by atoms with Crippen LogP contribution in [0.5, 0.6) is 5.75 Å². The number of aryl methyl sites for hydroxylation is 1. The summed E-state index contributed by atoms with van der Waals surface area (Å²) in [6.07, 6.45) is 1.33. The molecule has 0 bridgehead atoms. The largest absolute Gasteiger partial charge is 0.483 e. The van der Waals surface area contributed by atoms with Gasteiger partial charge in [0.15, 0.2) is 6.61 Å². The van der Waals surface area contributed by atoms with Crippen molar-refractivity contribution in [2.75, 3.05) is 12.0 Å². The molecule has 0 saturated carbocycles. The Labute approximate surface area is 169 Å². The SMILES string of the molecule is Cc1cccc(OCC(=O)Nn2cnc3scc(-c4cccs4)c3c2=O)c1C. The molecule has 28 heavy (non-hydrogen) atoms. The molecule has 8 heteroatoms. The van der Waals surface area contributed by atoms with Crippen LogP contribution < -0.4 is 15.7 Å². The first-order valence-corrected chi connectivity index (χ1v) is 10.3. The van der Waals surface area contributed by atoms with Gasteiger partial charge in [-0.25, -0.2) is 9.66 Å². The fraction of sp³-hybridized carbons (Fsp3) is 0.150. The van der Waals surface area contributed by atoms with E-state index in [4.69, 9.17) is 4.74 Å². The fourth-order valence-corrected chi connectivity index (χ4v) is 4.54. The van der Waals surface area contributed by atoms with Crippen molar-refractivity contribution in [2.24, 2.45) is 0 Å². The Morgan fingerprint density at radius 1 is 1.21 bits per heavy atom. The van der Waals surface area contributed by atoms with Crippen LogP contribution in [-0.4, -0.2) is 22.2 Å². The number of benzene rings is 1. The maximum absolute atomic E-state index is 12.9. The fourth-order valence-electron chi connectivity index (χ4n) is 2.82. The van der Waals surface area contributed by atoms with Crippen LogP contribution in [0.25, 0.3) is 20.7 Å². The first-order valence-electron chi connectivity index (χ1n) is 8.56. The Morgan fingerprint density at radius 3 is 2.86 bits per heavy atom. The highest BCUT2D eigenvalue weighted by molar-refractivity contribution is 7.18. The number of rotatable bonds is 5. The molecule has 0 aliphatic carbocycles. The first-order chi connectivity index (χ1) is 13.5. The summed E-state index contributed by atoms with van der Waals surface area (Å²) in [5.41, 5.74) is 5.15. The summed E-state index contributed by atoms with van der Waals surface area (Å²) in [7, 11) is 0. The van der Waals surface area contributed by atoms with Crippen molar-refractivity contribution in [1.82, 2.24) is 9.66 Å². The van der Waals surface area contributed by atoms with E-state index >= 15 is 0 Å². The minimum absolute atomic E-state index is 0.198. The van der Waals surface area contributed by atoms with Gasteiger partial charge in [0, 0.05) is 15.8 Å². The van der Waals surface area contributed by atoms with Crippen molar-refractivity contribution in [3.05, 3.63) is 68.9 Å². The number of nitrogens with zero attached hydrogens (tertiary/aromatic N) is 2. The summed E-state index contributed by atoms with van der Waals surface area (Å²) in [6.45, 7) is 3.72. The molecule has 0 aliphatic heterocycles. The van der Waals surface area contributed by atoms with E-state index in [0.29, 0.717) is 16.0 Å². The average Bonchev–Trinajstić information content (AvgIpc) is 3.35. The predicted octanol–water partition coefficient (Wildman–Crippen LogP) is 3.95. The first kappa shape index (κ1) is 18.4. The summed E-state index contributed by atoms with van der Waals surface area (Å²) in [5.74, 6) is 0.214. The molecule has 0 radical (unpaired) electrons. The number of nitrogens with one attached hydrogen (secondary N) is 1. The molecule has 4 aromatic rings. The lowest BCUT2D eigenvalue weighted by Crippen LogP contribution is -2.35. The smallest absolute Gasteiger partial charge is 0.281 e. The van der Waals surface area contributed by atoms with Crippen molar-refractivity contribution in [3.63, 3.8) is 0 Å². The summed E-state index contributed by atoms with van der Waals surface area (Å²) in [5, 5.41) is 4.38. The maximum Gasteiger partial charge on any atom is 0.281 e. The third-order valence-corrected chi connectivity index (χ3v) is 6.23. The third kappa shape index (κ3) is 3.44. The molecule has 0 unspecified atom stereocenters. The Bertz CT molecular complexity index is 1210. The maximum atomic E-state index is 12.9. The lowest BCUT2D eigenvalue weighted by atomic mass is 10.1. The second kappa shape index (κ2) is 7.57. The number of hydrogen-bond donors (Lipinski definition) is 1. The molecule has 0 spiro atoms. The van der Waals surface area contributed by atoms with Gasteiger partial charge < -0.3 is 4.74 Å². The lowest BCUT2D eigenvalue weighted by molar-refractivity contribution is -0.119. The quantitative estimate of drug-likeness (QED) is 0.540. The van der Waals surface area contributed by atoms with E-state index in [1.807, 2.05) is 54.9 Å². The van der Waals surface area contributed by atoms with E-state index in [9.17, 15) is 9.59 Å². The summed E-state index contributed by atoms with van der Waals surface area (Å²) in [6, 6.07) is 9.56. The van der Waals surface area contributed by atoms with Crippen molar-refractivity contribution in [1.29, 1.82) is 0 Å². The monoisotopic (exact) mass is 411 g/mol. The molecule has 3 aromatic heterocycles. The number of amides is 1. The number of aromatic nitrogens is 2. The van der Waals surface area contributed by atoms with Gasteiger partial charge in [-0.05, 0) is 42.5 Å². The van der Waals surface area contributed by atoms with E-state index in [2.05, 4.69) is 10.4 Å². The van der Waals surface area contributed by atoms with Crippen LogP contribution in [0.1, 0.15) is 11.1 Å². The molecular weight excluding hydrogens is 394 g/mol. The van der Waals surface area contributed by atoms with Crippen LogP contribution in [0, 0.1) is 13.8 Å². The summed E-state index contributed by atoms with van der Waals surface area (Å²) in [4.78, 5) is 31.1. The van der Waals surface area contributed by atoms with E-state index in [1.54, 1.807) is 11.3 Å². The zero-order valence-electron chi connectivity index (χ0n) is 15.3. The molecule has 1 aromatic carbocycles. The molecule has 1 N–H and O–H groups in total. The molecule has 0 saturated heterocycles. The highest BCUT2D eigenvalue weighted by atomic mass is 32.1. The Morgan fingerprint density at radius 2 is 2.07 bits per heavy atom. The lowest BCUT2D eigenvalue weighted by Gasteiger charge is -2.12. The van der Waals surface area contributed by atoms with Crippen LogP contribution in [0.15, 0.2) is 52.2 Å². The topological polar surface area (TPSA) is 73.2 Å². The van der Waals surface area contributed by atoms with Gasteiger partial charge in [-0.1, -0.05) is 18.2 Å². The molecular formula is C20H17N3O3S2. The molecule has 0 atom stereocenters. The number of carbonyl (C=O) groups is 1. The van der Waals surface area contributed by atoms with Gasteiger partial charge >= 0.3 is 0 Å². The molecule has 142 valence electrons. The third-order valence-electron chi connectivity index (χ3n) is 4.44. The highest BCUT2D eigenvalue weighted by Gasteiger charge is 2.15. The predicted molar refractivity (Wildman–Crippen MR) is 113 cm³/mol. The normalized spacial score (nSPS) is 10.9. The Kier molecular flexibility index (Phi) is 4.97. The molecule has 0 aliphatic rings. The van der Waals surface area contributed by atoms with Crippen LogP contribution in [0.3, 0.4) is 0 Å². The zero-order chi connectivity index (χ0) is 19.7. The van der Waals surface area contributed by atoms with Gasteiger partial charge in [-0.15, -0.1) is 22.7 Å². The van der Waals surface area contributed by atoms with E-state index in [1.165, 1.54) is 17.7 Å². The van der Waals surface area contributed by atoms with Crippen LogP contribution >= 0.6 is 22.7 Å². The van der Waals surface area contributed by atoms with E-state index in [-0.39, 0.29) is 12.2 Å². The summed E-state index contributed by atoms with van der Waals surface area (Å²) < 4.78 is 6.71. The minimum Gasteiger partial charge on any atom is -0.483 e. The standard InChI is InChI=1S/C20H17N3O3S2/c1-12-5-3-6-15(13(12)2)26-9-17(24)22-23-11-21-19-18(20(23)25)14(10-28-19)16-7-4-8-27-16/h3-8,10-11H,9H2,1-2H3,(H,22,24). The van der Waals surface area contributed by atoms with Crippen LogP contribution in [0.2, 0.25) is 0 Å². The van der Waals surface area contributed by atoms with Gasteiger partial charge in [0.25, 0.3) is 11.5 Å². The molecule has 6 nitrogen and oxygen atoms in total. The summed E-state index contributed by atoms with van der Waals surface area (Å²) >= 11 is 2.96.